The third-order valence-electron chi connectivity index (χ3n) is 3.09. The number of carbonyl (C=O) groups excluding carboxylic acids is 1. The van der Waals surface area contributed by atoms with Crippen LogP contribution in [-0.4, -0.2) is 15.7 Å². The van der Waals surface area contributed by atoms with Gasteiger partial charge < -0.3 is 5.32 Å². The van der Waals surface area contributed by atoms with E-state index in [0.717, 1.165) is 16.3 Å². The van der Waals surface area contributed by atoms with E-state index in [1.165, 1.54) is 4.88 Å². The van der Waals surface area contributed by atoms with Gasteiger partial charge in [0.15, 0.2) is 0 Å². The molecule has 0 aliphatic carbocycles. The van der Waals surface area contributed by atoms with Gasteiger partial charge in [0.05, 0.1) is 22.8 Å². The van der Waals surface area contributed by atoms with Crippen molar-refractivity contribution in [1.29, 1.82) is 0 Å². The van der Waals surface area contributed by atoms with E-state index < -0.39 is 0 Å². The second-order valence-corrected chi connectivity index (χ2v) is 6.62. The van der Waals surface area contributed by atoms with Crippen LogP contribution in [0.3, 0.4) is 0 Å². The van der Waals surface area contributed by atoms with E-state index in [-0.39, 0.29) is 5.91 Å². The Labute approximate surface area is 136 Å². The molecule has 0 bridgehead atoms. The van der Waals surface area contributed by atoms with Crippen molar-refractivity contribution in [2.24, 2.45) is 7.05 Å². The molecule has 3 aromatic heterocycles. The molecule has 1 amide bonds. The molecule has 0 radical (unpaired) electrons. The van der Waals surface area contributed by atoms with Crippen molar-refractivity contribution in [2.45, 2.75) is 6.54 Å². The van der Waals surface area contributed by atoms with E-state index >= 15 is 0 Å². The molecule has 6 heteroatoms. The fourth-order valence-corrected chi connectivity index (χ4v) is 3.44. The van der Waals surface area contributed by atoms with Crippen LogP contribution in [0.15, 0.2) is 47.2 Å². The average Bonchev–Trinajstić information content (AvgIpc) is 3.24. The fraction of sp³-hybridized carbons (Fsp3) is 0.125. The normalized spacial score (nSPS) is 11.1. The molecular weight excluding hydrogens is 314 g/mol. The van der Waals surface area contributed by atoms with Gasteiger partial charge in [0, 0.05) is 18.0 Å². The summed E-state index contributed by atoms with van der Waals surface area (Å²) in [5.74, 6) is -0.114. The highest BCUT2D eigenvalue weighted by atomic mass is 32.1. The van der Waals surface area contributed by atoms with Crippen molar-refractivity contribution < 1.29 is 4.79 Å². The van der Waals surface area contributed by atoms with Crippen LogP contribution < -0.4 is 5.32 Å². The number of nitrogens with one attached hydrogen (secondary N) is 1. The van der Waals surface area contributed by atoms with Crippen LogP contribution in [0.5, 0.6) is 0 Å². The Balaban J connectivity index is 1.60. The number of rotatable bonds is 5. The highest BCUT2D eigenvalue weighted by molar-refractivity contribution is 7.13. The molecule has 0 spiro atoms. The zero-order valence-electron chi connectivity index (χ0n) is 12.0. The monoisotopic (exact) mass is 329 g/mol. The Morgan fingerprint density at radius 3 is 2.86 bits per heavy atom. The zero-order valence-corrected chi connectivity index (χ0v) is 13.7. The molecule has 0 saturated heterocycles. The Morgan fingerprint density at radius 2 is 2.14 bits per heavy atom. The Hall–Kier alpha value is -2.18. The predicted octanol–water partition coefficient (Wildman–Crippen LogP) is 3.54. The van der Waals surface area contributed by atoms with Gasteiger partial charge in [-0.1, -0.05) is 12.1 Å². The first-order chi connectivity index (χ1) is 10.7. The zero-order chi connectivity index (χ0) is 15.4. The lowest BCUT2D eigenvalue weighted by molar-refractivity contribution is -0.116. The number of hydrogen-bond acceptors (Lipinski definition) is 4. The maximum Gasteiger partial charge on any atom is 0.244 e. The lowest BCUT2D eigenvalue weighted by atomic mass is 10.3. The van der Waals surface area contributed by atoms with Gasteiger partial charge in [0.2, 0.25) is 5.91 Å². The van der Waals surface area contributed by atoms with Crippen LogP contribution in [0.2, 0.25) is 0 Å². The van der Waals surface area contributed by atoms with E-state index in [9.17, 15) is 4.79 Å². The molecule has 3 aromatic rings. The summed E-state index contributed by atoms with van der Waals surface area (Å²) in [6, 6.07) is 10.0. The molecular formula is C16H15N3OS2. The predicted molar refractivity (Wildman–Crippen MR) is 91.7 cm³/mol. The number of aromatic nitrogens is 2. The topological polar surface area (TPSA) is 46.9 Å². The number of aryl methyl sites for hydroxylation is 1. The summed E-state index contributed by atoms with van der Waals surface area (Å²) < 4.78 is 1.84. The van der Waals surface area contributed by atoms with E-state index in [4.69, 9.17) is 0 Å². The highest BCUT2D eigenvalue weighted by Crippen LogP contribution is 2.24. The van der Waals surface area contributed by atoms with Crippen LogP contribution in [0.25, 0.3) is 16.6 Å². The molecule has 0 aliphatic heterocycles. The lowest BCUT2D eigenvalue weighted by Gasteiger charge is -1.97. The van der Waals surface area contributed by atoms with Crippen molar-refractivity contribution in [3.8, 4) is 10.6 Å². The van der Waals surface area contributed by atoms with E-state index in [1.54, 1.807) is 28.7 Å². The van der Waals surface area contributed by atoms with E-state index in [1.807, 2.05) is 52.8 Å². The van der Waals surface area contributed by atoms with Crippen molar-refractivity contribution in [2.75, 3.05) is 0 Å². The minimum absolute atomic E-state index is 0.114. The van der Waals surface area contributed by atoms with Gasteiger partial charge in [0.25, 0.3) is 0 Å². The Bertz CT molecular complexity index is 771. The molecule has 0 fully saturated rings. The number of nitrogens with zero attached hydrogens (tertiary/aromatic N) is 2. The number of carbonyl (C=O) groups is 1. The van der Waals surface area contributed by atoms with Gasteiger partial charge in [-0.05, 0) is 35.0 Å². The summed E-state index contributed by atoms with van der Waals surface area (Å²) in [6.45, 7) is 0.423. The molecule has 3 rings (SSSR count). The quantitative estimate of drug-likeness (QED) is 0.728. The van der Waals surface area contributed by atoms with E-state index in [0.29, 0.717) is 6.54 Å². The molecule has 0 aromatic carbocycles. The molecule has 3 heterocycles. The molecule has 22 heavy (non-hydrogen) atoms. The Kier molecular flexibility index (Phi) is 4.50. The summed E-state index contributed by atoms with van der Waals surface area (Å²) in [5.41, 5.74) is 1.91. The van der Waals surface area contributed by atoms with Gasteiger partial charge in [-0.2, -0.15) is 5.10 Å². The first kappa shape index (κ1) is 14.7. The molecule has 0 saturated carbocycles. The molecule has 112 valence electrons. The smallest absolute Gasteiger partial charge is 0.244 e. The average molecular weight is 329 g/mol. The van der Waals surface area contributed by atoms with Crippen LogP contribution in [0.4, 0.5) is 0 Å². The summed E-state index contributed by atoms with van der Waals surface area (Å²) in [6.07, 6.45) is 3.37. The molecule has 4 nitrogen and oxygen atoms in total. The number of thiophene rings is 2. The van der Waals surface area contributed by atoms with Crippen molar-refractivity contribution in [1.82, 2.24) is 15.1 Å². The van der Waals surface area contributed by atoms with Crippen LogP contribution >= 0.6 is 22.7 Å². The molecule has 0 unspecified atom stereocenters. The van der Waals surface area contributed by atoms with Crippen molar-refractivity contribution in [3.63, 3.8) is 0 Å². The Morgan fingerprint density at radius 1 is 1.32 bits per heavy atom. The first-order valence-corrected chi connectivity index (χ1v) is 8.54. The first-order valence-electron chi connectivity index (χ1n) is 6.78. The second-order valence-electron chi connectivity index (χ2n) is 4.69. The SMILES string of the molecule is Cn1nc(CNC(=O)/C=C/c2cccs2)cc1-c1cccs1. The van der Waals surface area contributed by atoms with E-state index in [2.05, 4.69) is 16.5 Å². The summed E-state index contributed by atoms with van der Waals surface area (Å²) in [4.78, 5) is 14.0. The van der Waals surface area contributed by atoms with Gasteiger partial charge in [-0.15, -0.1) is 22.7 Å². The third kappa shape index (κ3) is 3.52. The maximum atomic E-state index is 11.8. The van der Waals surface area contributed by atoms with Gasteiger partial charge in [-0.25, -0.2) is 0 Å². The van der Waals surface area contributed by atoms with Crippen molar-refractivity contribution in [3.05, 3.63) is 57.7 Å². The lowest BCUT2D eigenvalue weighted by Crippen LogP contribution is -2.20. The van der Waals surface area contributed by atoms with Crippen LogP contribution in [-0.2, 0) is 18.4 Å². The summed E-state index contributed by atoms with van der Waals surface area (Å²) >= 11 is 3.28. The summed E-state index contributed by atoms with van der Waals surface area (Å²) in [7, 11) is 1.91. The van der Waals surface area contributed by atoms with Crippen LogP contribution in [0, 0.1) is 0 Å². The number of amides is 1. The van der Waals surface area contributed by atoms with Gasteiger partial charge >= 0.3 is 0 Å². The van der Waals surface area contributed by atoms with Crippen molar-refractivity contribution >= 4 is 34.7 Å². The minimum Gasteiger partial charge on any atom is -0.347 e. The maximum absolute atomic E-state index is 11.8. The highest BCUT2D eigenvalue weighted by Gasteiger charge is 2.08. The molecule has 0 aliphatic rings. The third-order valence-corrected chi connectivity index (χ3v) is 4.82. The van der Waals surface area contributed by atoms with Gasteiger partial charge in [0.1, 0.15) is 0 Å². The standard InChI is InChI=1S/C16H15N3OS2/c1-19-14(15-5-3-9-22-15)10-12(18-19)11-17-16(20)7-6-13-4-2-8-21-13/h2-10H,11H2,1H3,(H,17,20)/b7-6+. The van der Waals surface area contributed by atoms with Crippen LogP contribution in [0.1, 0.15) is 10.6 Å². The van der Waals surface area contributed by atoms with Gasteiger partial charge in [-0.3, -0.25) is 9.48 Å². The second kappa shape index (κ2) is 6.72. The fourth-order valence-electron chi connectivity index (χ4n) is 2.05. The number of hydrogen-bond donors (Lipinski definition) is 1. The minimum atomic E-state index is -0.114. The largest absolute Gasteiger partial charge is 0.347 e. The summed E-state index contributed by atoms with van der Waals surface area (Å²) in [5, 5.41) is 11.3. The molecule has 0 atom stereocenters. The molecule has 1 N–H and O–H groups in total.